The number of rotatable bonds is 2. The van der Waals surface area contributed by atoms with Crippen molar-refractivity contribution in [2.45, 2.75) is 58.4 Å². The third-order valence-electron chi connectivity index (χ3n) is 3.64. The van der Waals surface area contributed by atoms with E-state index in [0.29, 0.717) is 19.5 Å². The molecule has 1 amide bonds. The summed E-state index contributed by atoms with van der Waals surface area (Å²) >= 11 is 0. The number of amides is 1. The van der Waals surface area contributed by atoms with Gasteiger partial charge in [-0.15, -0.1) is 0 Å². The maximum Gasteiger partial charge on any atom is 0.414 e. The van der Waals surface area contributed by atoms with Crippen LogP contribution in [0.2, 0.25) is 0 Å². The van der Waals surface area contributed by atoms with Crippen LogP contribution in [-0.2, 0) is 4.74 Å². The largest absolute Gasteiger partial charge is 0.444 e. The monoisotopic (exact) mass is 311 g/mol. The first-order chi connectivity index (χ1) is 9.40. The van der Waals surface area contributed by atoms with Gasteiger partial charge in [-0.25, -0.2) is 4.79 Å². The Labute approximate surface area is 123 Å². The number of aliphatic hydroxyl groups is 1. The lowest BCUT2D eigenvalue weighted by atomic mass is 9.83. The molecular formula is C14H24F3NO3. The molecule has 1 aliphatic heterocycles. The first-order valence-electron chi connectivity index (χ1n) is 7.13. The summed E-state index contributed by atoms with van der Waals surface area (Å²) in [6, 6.07) is 0. The minimum Gasteiger partial charge on any atom is -0.444 e. The predicted molar refractivity (Wildman–Crippen MR) is 71.8 cm³/mol. The van der Waals surface area contributed by atoms with Crippen molar-refractivity contribution in [3.8, 4) is 0 Å². The molecule has 7 heteroatoms. The molecule has 0 bridgehead atoms. The number of aliphatic hydroxyl groups excluding tert-OH is 1. The van der Waals surface area contributed by atoms with Crippen LogP contribution in [0.15, 0.2) is 0 Å². The van der Waals surface area contributed by atoms with Crippen molar-refractivity contribution in [3.63, 3.8) is 0 Å². The second kappa shape index (κ2) is 6.42. The van der Waals surface area contributed by atoms with Gasteiger partial charge in [-0.1, -0.05) is 6.92 Å². The van der Waals surface area contributed by atoms with Crippen LogP contribution in [0.4, 0.5) is 18.0 Å². The van der Waals surface area contributed by atoms with Gasteiger partial charge in [0.2, 0.25) is 0 Å². The molecule has 0 aromatic carbocycles. The first-order valence-corrected chi connectivity index (χ1v) is 7.13. The molecule has 3 unspecified atom stereocenters. The summed E-state index contributed by atoms with van der Waals surface area (Å²) in [5.41, 5.74) is -0.594. The molecule has 1 fully saturated rings. The van der Waals surface area contributed by atoms with Crippen molar-refractivity contribution in [2.24, 2.45) is 11.8 Å². The zero-order valence-electron chi connectivity index (χ0n) is 12.9. The highest BCUT2D eigenvalue weighted by molar-refractivity contribution is 5.68. The summed E-state index contributed by atoms with van der Waals surface area (Å²) in [5, 5.41) is 9.15. The normalized spacial score (nSPS) is 25.6. The Hall–Kier alpha value is -0.980. The minimum atomic E-state index is -4.58. The van der Waals surface area contributed by atoms with E-state index in [1.54, 1.807) is 27.7 Å². The Morgan fingerprint density at radius 2 is 1.95 bits per heavy atom. The number of halogens is 3. The third kappa shape index (κ3) is 5.73. The van der Waals surface area contributed by atoms with E-state index >= 15 is 0 Å². The number of carbonyl (C=O) groups excluding carboxylic acids is 1. The Balaban J connectivity index is 2.53. The highest BCUT2D eigenvalue weighted by Gasteiger charge is 2.41. The van der Waals surface area contributed by atoms with Gasteiger partial charge in [-0.2, -0.15) is 13.2 Å². The minimum absolute atomic E-state index is 0.108. The van der Waals surface area contributed by atoms with Crippen LogP contribution in [0.1, 0.15) is 40.5 Å². The van der Waals surface area contributed by atoms with E-state index in [2.05, 4.69) is 0 Å². The Bertz CT molecular complexity index is 365. The molecule has 0 saturated carbocycles. The van der Waals surface area contributed by atoms with Crippen LogP contribution in [0.3, 0.4) is 0 Å². The van der Waals surface area contributed by atoms with Crippen molar-refractivity contribution < 1.29 is 27.8 Å². The van der Waals surface area contributed by atoms with Gasteiger partial charge < -0.3 is 14.7 Å². The summed E-state index contributed by atoms with van der Waals surface area (Å²) in [5.74, 6) is -0.358. The van der Waals surface area contributed by atoms with Crippen LogP contribution in [-0.4, -0.2) is 47.1 Å². The molecule has 3 atom stereocenters. The van der Waals surface area contributed by atoms with Crippen LogP contribution in [0, 0.1) is 11.8 Å². The Morgan fingerprint density at radius 1 is 1.38 bits per heavy atom. The number of ether oxygens (including phenoxy) is 1. The van der Waals surface area contributed by atoms with Crippen molar-refractivity contribution in [3.05, 3.63) is 0 Å². The van der Waals surface area contributed by atoms with Crippen molar-refractivity contribution in [2.75, 3.05) is 13.1 Å². The van der Waals surface area contributed by atoms with Gasteiger partial charge in [-0.3, -0.25) is 0 Å². The Kier molecular flexibility index (Phi) is 5.52. The summed E-state index contributed by atoms with van der Waals surface area (Å²) in [4.78, 5) is 13.4. The van der Waals surface area contributed by atoms with E-state index in [0.717, 1.165) is 0 Å². The molecule has 1 N–H and O–H groups in total. The molecular weight excluding hydrogens is 287 g/mol. The molecule has 1 heterocycles. The second-order valence-electron chi connectivity index (χ2n) is 6.75. The number of alkyl halides is 3. The van der Waals surface area contributed by atoms with Gasteiger partial charge >= 0.3 is 12.3 Å². The summed E-state index contributed by atoms with van der Waals surface area (Å²) in [6.07, 6.45) is -7.19. The van der Waals surface area contributed by atoms with Gasteiger partial charge in [0.1, 0.15) is 11.7 Å². The molecule has 0 spiro atoms. The van der Waals surface area contributed by atoms with E-state index in [1.165, 1.54) is 4.90 Å². The molecule has 0 aliphatic carbocycles. The molecule has 0 radical (unpaired) electrons. The maximum absolute atomic E-state index is 12.4. The topological polar surface area (TPSA) is 49.8 Å². The lowest BCUT2D eigenvalue weighted by Crippen LogP contribution is -2.46. The number of carbonyl (C=O) groups is 1. The van der Waals surface area contributed by atoms with Crippen molar-refractivity contribution in [1.29, 1.82) is 0 Å². The lowest BCUT2D eigenvalue weighted by molar-refractivity contribution is -0.210. The molecule has 1 rings (SSSR count). The van der Waals surface area contributed by atoms with Gasteiger partial charge in [0.15, 0.2) is 0 Å². The molecule has 124 valence electrons. The number of hydrogen-bond donors (Lipinski definition) is 1. The summed E-state index contributed by atoms with van der Waals surface area (Å²) in [7, 11) is 0. The van der Waals surface area contributed by atoms with Crippen molar-refractivity contribution >= 4 is 6.09 Å². The van der Waals surface area contributed by atoms with E-state index in [1.807, 2.05) is 0 Å². The first kappa shape index (κ1) is 18.1. The van der Waals surface area contributed by atoms with Crippen LogP contribution >= 0.6 is 0 Å². The standard InChI is InChI=1S/C14H24F3NO3/c1-9-8-18(12(20)21-13(2,3)4)6-5-10(9)7-11(19)14(15,16)17/h9-11,19H,5-8H2,1-4H3. The highest BCUT2D eigenvalue weighted by atomic mass is 19.4. The molecule has 0 aromatic heterocycles. The van der Waals surface area contributed by atoms with E-state index in [9.17, 15) is 18.0 Å². The van der Waals surface area contributed by atoms with Gasteiger partial charge in [0.25, 0.3) is 0 Å². The Morgan fingerprint density at radius 3 is 2.38 bits per heavy atom. The lowest BCUT2D eigenvalue weighted by Gasteiger charge is -2.38. The fourth-order valence-electron chi connectivity index (χ4n) is 2.46. The zero-order chi connectivity index (χ0) is 16.4. The SMILES string of the molecule is CC1CN(C(=O)OC(C)(C)C)CCC1CC(O)C(F)(F)F. The van der Waals surface area contributed by atoms with Crippen molar-refractivity contribution in [1.82, 2.24) is 4.90 Å². The molecule has 1 aliphatic rings. The number of piperidine rings is 1. The van der Waals surface area contributed by atoms with Crippen LogP contribution < -0.4 is 0 Å². The van der Waals surface area contributed by atoms with E-state index in [-0.39, 0.29) is 18.3 Å². The highest BCUT2D eigenvalue weighted by Crippen LogP contribution is 2.32. The molecule has 4 nitrogen and oxygen atoms in total. The van der Waals surface area contributed by atoms with E-state index < -0.39 is 24.0 Å². The summed E-state index contributed by atoms with van der Waals surface area (Å²) in [6.45, 7) is 7.80. The zero-order valence-corrected chi connectivity index (χ0v) is 12.9. The average Bonchev–Trinajstić information content (AvgIpc) is 2.28. The average molecular weight is 311 g/mol. The molecule has 1 saturated heterocycles. The smallest absolute Gasteiger partial charge is 0.414 e. The van der Waals surface area contributed by atoms with Gasteiger partial charge in [0.05, 0.1) is 0 Å². The van der Waals surface area contributed by atoms with Gasteiger partial charge in [0, 0.05) is 13.1 Å². The summed E-state index contributed by atoms with van der Waals surface area (Å²) < 4.78 is 42.4. The van der Waals surface area contributed by atoms with Gasteiger partial charge in [-0.05, 0) is 45.4 Å². The molecule has 0 aromatic rings. The number of hydrogen-bond acceptors (Lipinski definition) is 3. The quantitative estimate of drug-likeness (QED) is 0.852. The van der Waals surface area contributed by atoms with E-state index in [4.69, 9.17) is 9.84 Å². The fourth-order valence-corrected chi connectivity index (χ4v) is 2.46. The predicted octanol–water partition coefficient (Wildman–Crippen LogP) is 3.19. The second-order valence-corrected chi connectivity index (χ2v) is 6.75. The third-order valence-corrected chi connectivity index (χ3v) is 3.64. The molecule has 21 heavy (non-hydrogen) atoms. The number of nitrogens with zero attached hydrogens (tertiary/aromatic N) is 1. The fraction of sp³-hybridized carbons (Fsp3) is 0.929. The van der Waals surface area contributed by atoms with Crippen LogP contribution in [0.5, 0.6) is 0 Å². The maximum atomic E-state index is 12.4. The number of likely N-dealkylation sites (tertiary alicyclic amines) is 1. The van der Waals surface area contributed by atoms with Crippen LogP contribution in [0.25, 0.3) is 0 Å².